The standard InChI is InChI=1S/C38H22N4O2/c1-3-13-23(14-4-1)35-39-33(31-27-19-9-11-21-29(27)43-37(31)41-35)25-17-7-8-18-26(25)34-32-28-20-10-12-22-30(28)44-38(32)42-36(40-34)24-15-5-2-6-16-24/h1-22H. The summed E-state index contributed by atoms with van der Waals surface area (Å²) < 4.78 is 12.6. The summed E-state index contributed by atoms with van der Waals surface area (Å²) in [7, 11) is 0. The number of hydrogen-bond donors (Lipinski definition) is 0. The van der Waals surface area contributed by atoms with Crippen molar-refractivity contribution >= 4 is 44.1 Å². The van der Waals surface area contributed by atoms with E-state index in [1.54, 1.807) is 0 Å². The van der Waals surface area contributed by atoms with Crippen molar-refractivity contribution in [3.63, 3.8) is 0 Å². The van der Waals surface area contributed by atoms with Gasteiger partial charge < -0.3 is 8.83 Å². The Hall–Kier alpha value is -6.14. The molecule has 0 radical (unpaired) electrons. The van der Waals surface area contributed by atoms with Crippen LogP contribution in [0.15, 0.2) is 142 Å². The molecule has 0 unspecified atom stereocenters. The average Bonchev–Trinajstić information content (AvgIpc) is 3.67. The second-order valence-corrected chi connectivity index (χ2v) is 10.6. The van der Waals surface area contributed by atoms with Crippen LogP contribution in [-0.2, 0) is 0 Å². The van der Waals surface area contributed by atoms with Crippen molar-refractivity contribution in [2.75, 3.05) is 0 Å². The molecule has 0 amide bonds. The van der Waals surface area contributed by atoms with E-state index in [9.17, 15) is 0 Å². The van der Waals surface area contributed by atoms with E-state index in [0.717, 1.165) is 66.4 Å². The average molecular weight is 567 g/mol. The Morgan fingerprint density at radius 1 is 0.364 bits per heavy atom. The minimum absolute atomic E-state index is 0.538. The number of hydrogen-bond acceptors (Lipinski definition) is 6. The molecular weight excluding hydrogens is 544 g/mol. The van der Waals surface area contributed by atoms with Gasteiger partial charge in [0.25, 0.3) is 0 Å². The zero-order valence-electron chi connectivity index (χ0n) is 23.3. The summed E-state index contributed by atoms with van der Waals surface area (Å²) >= 11 is 0. The first-order chi connectivity index (χ1) is 21.8. The molecule has 9 rings (SSSR count). The molecule has 0 aliphatic carbocycles. The van der Waals surface area contributed by atoms with Crippen molar-refractivity contribution in [2.24, 2.45) is 0 Å². The van der Waals surface area contributed by atoms with Gasteiger partial charge in [-0.2, -0.15) is 9.97 Å². The highest BCUT2D eigenvalue weighted by Gasteiger charge is 2.24. The van der Waals surface area contributed by atoms with Crippen molar-refractivity contribution in [2.45, 2.75) is 0 Å². The van der Waals surface area contributed by atoms with Crippen molar-refractivity contribution in [3.05, 3.63) is 133 Å². The third kappa shape index (κ3) is 3.82. The maximum absolute atomic E-state index is 6.32. The van der Waals surface area contributed by atoms with Crippen LogP contribution in [0.4, 0.5) is 0 Å². The van der Waals surface area contributed by atoms with Gasteiger partial charge in [0, 0.05) is 33.0 Å². The van der Waals surface area contributed by atoms with Crippen LogP contribution in [-0.4, -0.2) is 19.9 Å². The number of nitrogens with zero attached hydrogens (tertiary/aromatic N) is 4. The molecular formula is C38H22N4O2. The van der Waals surface area contributed by atoms with Gasteiger partial charge in [-0.15, -0.1) is 0 Å². The molecule has 0 fully saturated rings. The Morgan fingerprint density at radius 2 is 0.750 bits per heavy atom. The van der Waals surface area contributed by atoms with Crippen LogP contribution in [0, 0.1) is 0 Å². The van der Waals surface area contributed by atoms with Gasteiger partial charge in [-0.1, -0.05) is 121 Å². The van der Waals surface area contributed by atoms with E-state index in [1.807, 2.05) is 109 Å². The summed E-state index contributed by atoms with van der Waals surface area (Å²) in [5.74, 6) is 1.18. The fourth-order valence-electron chi connectivity index (χ4n) is 5.96. The van der Waals surface area contributed by atoms with Gasteiger partial charge in [0.2, 0.25) is 11.4 Å². The highest BCUT2D eigenvalue weighted by molar-refractivity contribution is 6.15. The second-order valence-electron chi connectivity index (χ2n) is 10.6. The van der Waals surface area contributed by atoms with Gasteiger partial charge >= 0.3 is 0 Å². The molecule has 0 spiro atoms. The second kappa shape index (κ2) is 9.71. The van der Waals surface area contributed by atoms with E-state index in [0.29, 0.717) is 23.1 Å². The summed E-state index contributed by atoms with van der Waals surface area (Å²) in [4.78, 5) is 20.2. The van der Waals surface area contributed by atoms with E-state index in [-0.39, 0.29) is 0 Å². The summed E-state index contributed by atoms with van der Waals surface area (Å²) in [6, 6.07) is 44.2. The largest absolute Gasteiger partial charge is 0.438 e. The predicted molar refractivity (Wildman–Crippen MR) is 174 cm³/mol. The van der Waals surface area contributed by atoms with Crippen LogP contribution in [0.1, 0.15) is 0 Å². The Balaban J connectivity index is 1.40. The molecule has 0 saturated carbocycles. The number of fused-ring (bicyclic) bond motifs is 6. The first kappa shape index (κ1) is 24.5. The highest BCUT2D eigenvalue weighted by atomic mass is 16.3. The maximum atomic E-state index is 6.32. The maximum Gasteiger partial charge on any atom is 0.231 e. The van der Waals surface area contributed by atoms with Crippen LogP contribution in [0.25, 0.3) is 89.4 Å². The third-order valence-electron chi connectivity index (χ3n) is 7.98. The van der Waals surface area contributed by atoms with Gasteiger partial charge in [0.05, 0.1) is 22.2 Å². The molecule has 5 aromatic carbocycles. The minimum atomic E-state index is 0.538. The van der Waals surface area contributed by atoms with Gasteiger partial charge in [0.1, 0.15) is 11.2 Å². The molecule has 0 saturated heterocycles. The van der Waals surface area contributed by atoms with Gasteiger partial charge in [-0.05, 0) is 12.1 Å². The number of furan rings is 2. The Labute approximate surface area is 251 Å². The Bertz CT molecular complexity index is 2320. The lowest BCUT2D eigenvalue weighted by Crippen LogP contribution is -1.98. The molecule has 0 bridgehead atoms. The van der Waals surface area contributed by atoms with Crippen molar-refractivity contribution < 1.29 is 8.83 Å². The third-order valence-corrected chi connectivity index (χ3v) is 7.98. The van der Waals surface area contributed by atoms with E-state index in [4.69, 9.17) is 28.8 Å². The van der Waals surface area contributed by atoms with Crippen molar-refractivity contribution in [3.8, 4) is 45.3 Å². The Morgan fingerprint density at radius 3 is 1.20 bits per heavy atom. The summed E-state index contributed by atoms with van der Waals surface area (Å²) in [6.07, 6.45) is 0. The molecule has 4 aromatic heterocycles. The fraction of sp³-hybridized carbons (Fsp3) is 0. The van der Waals surface area contributed by atoms with E-state index >= 15 is 0 Å². The summed E-state index contributed by atoms with van der Waals surface area (Å²) in [5, 5.41) is 3.63. The van der Waals surface area contributed by atoms with Crippen LogP contribution in [0.3, 0.4) is 0 Å². The summed E-state index contributed by atoms with van der Waals surface area (Å²) in [5.41, 5.74) is 7.78. The molecule has 44 heavy (non-hydrogen) atoms. The SMILES string of the molecule is c1ccc(-c2nc(-c3ccccc3-c3nc(-c4ccccc4)nc4oc5ccccc5c34)c3c(n2)oc2ccccc23)cc1. The lowest BCUT2D eigenvalue weighted by atomic mass is 9.96. The quantitative estimate of drug-likeness (QED) is 0.211. The summed E-state index contributed by atoms with van der Waals surface area (Å²) in [6.45, 7) is 0. The van der Waals surface area contributed by atoms with E-state index < -0.39 is 0 Å². The van der Waals surface area contributed by atoms with E-state index in [1.165, 1.54) is 0 Å². The van der Waals surface area contributed by atoms with Gasteiger partial charge in [-0.3, -0.25) is 0 Å². The fourth-order valence-corrected chi connectivity index (χ4v) is 5.96. The zero-order chi connectivity index (χ0) is 29.0. The first-order valence-corrected chi connectivity index (χ1v) is 14.4. The minimum Gasteiger partial charge on any atom is -0.438 e. The lowest BCUT2D eigenvalue weighted by Gasteiger charge is -2.13. The highest BCUT2D eigenvalue weighted by Crippen LogP contribution is 2.43. The molecule has 9 aromatic rings. The van der Waals surface area contributed by atoms with E-state index in [2.05, 4.69) is 24.3 Å². The number of rotatable bonds is 4. The van der Waals surface area contributed by atoms with Crippen LogP contribution >= 0.6 is 0 Å². The monoisotopic (exact) mass is 566 g/mol. The molecule has 0 aliphatic heterocycles. The number of aromatic nitrogens is 4. The molecule has 6 heteroatoms. The zero-order valence-corrected chi connectivity index (χ0v) is 23.3. The van der Waals surface area contributed by atoms with Crippen LogP contribution in [0.5, 0.6) is 0 Å². The van der Waals surface area contributed by atoms with Crippen LogP contribution in [0.2, 0.25) is 0 Å². The smallest absolute Gasteiger partial charge is 0.231 e. The van der Waals surface area contributed by atoms with Crippen molar-refractivity contribution in [1.82, 2.24) is 19.9 Å². The topological polar surface area (TPSA) is 77.8 Å². The number of benzene rings is 5. The van der Waals surface area contributed by atoms with Gasteiger partial charge in [-0.25, -0.2) is 9.97 Å². The molecule has 0 aliphatic rings. The molecule has 6 nitrogen and oxygen atoms in total. The first-order valence-electron chi connectivity index (χ1n) is 14.4. The predicted octanol–water partition coefficient (Wildman–Crippen LogP) is 9.73. The molecule has 206 valence electrons. The van der Waals surface area contributed by atoms with Gasteiger partial charge in [0.15, 0.2) is 11.6 Å². The molecule has 0 atom stereocenters. The molecule has 0 N–H and O–H groups in total. The van der Waals surface area contributed by atoms with Crippen molar-refractivity contribution in [1.29, 1.82) is 0 Å². The van der Waals surface area contributed by atoms with Crippen LogP contribution < -0.4 is 0 Å². The molecule has 4 heterocycles. The Kier molecular flexibility index (Phi) is 5.40. The normalized spacial score (nSPS) is 11.6. The number of para-hydroxylation sites is 2. The lowest BCUT2D eigenvalue weighted by molar-refractivity contribution is 0.653.